The molecule has 0 saturated carbocycles. The van der Waals surface area contributed by atoms with Crippen LogP contribution in [0.15, 0.2) is 24.3 Å². The van der Waals surface area contributed by atoms with Crippen LogP contribution >= 0.6 is 11.6 Å². The number of aromatic nitrogens is 4. The van der Waals surface area contributed by atoms with Crippen molar-refractivity contribution in [1.29, 1.82) is 0 Å². The molecule has 7 rings (SSSR count). The van der Waals surface area contributed by atoms with Crippen LogP contribution in [0.25, 0.3) is 11.4 Å². The number of anilines is 3. The molecule has 4 aliphatic heterocycles. The number of carbonyl (C=O) groups excluding carboxylic acids is 3. The second kappa shape index (κ2) is 21.1. The van der Waals surface area contributed by atoms with Crippen molar-refractivity contribution in [3.8, 4) is 11.4 Å². The Morgan fingerprint density at radius 1 is 0.677 bits per heavy atom. The molecule has 4 amide bonds. The SMILES string of the molecule is C.C.CC(C)(C)OC(=O)N1CCc2c(N3CCOCC3)nc(Cl)nc2C1(C)C.CCNC(=O)Nc1ccc(-c2nc(N3CCOCC3)c3c(n2)C(C)(C)N(C(=O)OC(C)(C)C)CC3)cc1. The van der Waals surface area contributed by atoms with Crippen molar-refractivity contribution in [1.82, 2.24) is 35.1 Å². The van der Waals surface area contributed by atoms with E-state index in [0.717, 1.165) is 65.9 Å². The number of nitrogens with zero attached hydrogens (tertiary/aromatic N) is 8. The zero-order valence-corrected chi connectivity index (χ0v) is 39.6. The third-order valence-electron chi connectivity index (χ3n) is 11.2. The van der Waals surface area contributed by atoms with E-state index in [-0.39, 0.29) is 38.4 Å². The Morgan fingerprint density at radius 3 is 1.54 bits per heavy atom. The van der Waals surface area contributed by atoms with Gasteiger partial charge in [-0.3, -0.25) is 9.80 Å². The molecule has 0 aliphatic carbocycles. The molecular formula is C47H73ClN10O7. The second-order valence-corrected chi connectivity index (χ2v) is 19.3. The summed E-state index contributed by atoms with van der Waals surface area (Å²) in [6, 6.07) is 7.21. The Hall–Kier alpha value is -5.00. The fourth-order valence-electron chi connectivity index (χ4n) is 8.17. The van der Waals surface area contributed by atoms with Crippen LogP contribution in [0.2, 0.25) is 5.28 Å². The first-order valence-electron chi connectivity index (χ1n) is 21.9. The van der Waals surface area contributed by atoms with E-state index < -0.39 is 22.3 Å². The molecule has 6 heterocycles. The minimum Gasteiger partial charge on any atom is -0.444 e. The summed E-state index contributed by atoms with van der Waals surface area (Å²) in [6.07, 6.45) is 0.621. The molecule has 0 unspecified atom stereocenters. The van der Waals surface area contributed by atoms with Gasteiger partial charge in [0.15, 0.2) is 5.82 Å². The molecule has 65 heavy (non-hydrogen) atoms. The van der Waals surface area contributed by atoms with Gasteiger partial charge in [0.25, 0.3) is 0 Å². The smallest absolute Gasteiger partial charge is 0.411 e. The average molecular weight is 926 g/mol. The highest BCUT2D eigenvalue weighted by Crippen LogP contribution is 2.41. The van der Waals surface area contributed by atoms with Gasteiger partial charge in [-0.15, -0.1) is 0 Å². The molecule has 18 heteroatoms. The summed E-state index contributed by atoms with van der Waals surface area (Å²) in [5, 5.41) is 5.73. The van der Waals surface area contributed by atoms with Crippen molar-refractivity contribution >= 4 is 47.1 Å². The van der Waals surface area contributed by atoms with Gasteiger partial charge < -0.3 is 39.4 Å². The van der Waals surface area contributed by atoms with Gasteiger partial charge in [-0.2, -0.15) is 0 Å². The van der Waals surface area contributed by atoms with Gasteiger partial charge in [0.1, 0.15) is 22.8 Å². The van der Waals surface area contributed by atoms with Crippen LogP contribution in [0.1, 0.15) is 114 Å². The quantitative estimate of drug-likeness (QED) is 0.234. The molecule has 0 atom stereocenters. The van der Waals surface area contributed by atoms with Crippen LogP contribution in [-0.4, -0.2) is 131 Å². The maximum Gasteiger partial charge on any atom is 0.411 e. The lowest BCUT2D eigenvalue weighted by atomic mass is 9.87. The predicted molar refractivity (Wildman–Crippen MR) is 256 cm³/mol. The fraction of sp³-hybridized carbons (Fsp3) is 0.638. The number of hydrogen-bond acceptors (Lipinski definition) is 13. The van der Waals surface area contributed by atoms with E-state index in [1.54, 1.807) is 9.80 Å². The molecule has 360 valence electrons. The largest absolute Gasteiger partial charge is 0.444 e. The molecule has 17 nitrogen and oxygen atoms in total. The summed E-state index contributed by atoms with van der Waals surface area (Å²) < 4.78 is 22.3. The molecule has 4 aliphatic rings. The topological polar surface area (TPSA) is 177 Å². The standard InChI is InChI=1S/C27H38N6O4.C18H27ClN4O3.2CH4/c1-7-28-24(34)29-19-10-8-18(9-11-19)22-30-21-20(23(31-22)32-14-16-36-17-15-32)12-13-33(27(21,5)6)25(35)37-26(2,3)4;1-17(2,3)26-16(24)23-7-6-12-13(18(23,4)5)20-15(19)21-14(12)22-8-10-25-11-9-22;;/h8-11H,7,12-17H2,1-6H3,(H2,28,29,34);6-11H2,1-5H3;2*1H4. The normalized spacial score (nSPS) is 17.7. The highest BCUT2D eigenvalue weighted by Gasteiger charge is 2.44. The number of hydrogen-bond donors (Lipinski definition) is 2. The summed E-state index contributed by atoms with van der Waals surface area (Å²) in [5.74, 6) is 2.33. The van der Waals surface area contributed by atoms with Crippen LogP contribution in [0, 0.1) is 0 Å². The summed E-state index contributed by atoms with van der Waals surface area (Å²) in [5.41, 5.74) is 2.75. The van der Waals surface area contributed by atoms with Gasteiger partial charge in [-0.05, 0) is 125 Å². The van der Waals surface area contributed by atoms with Crippen molar-refractivity contribution in [3.05, 3.63) is 52.1 Å². The van der Waals surface area contributed by atoms with Crippen molar-refractivity contribution < 1.29 is 33.3 Å². The van der Waals surface area contributed by atoms with Gasteiger partial charge in [0.2, 0.25) is 5.28 Å². The lowest BCUT2D eigenvalue weighted by Gasteiger charge is -2.44. The molecule has 2 aromatic heterocycles. The number of urea groups is 1. The van der Waals surface area contributed by atoms with Gasteiger partial charge >= 0.3 is 18.2 Å². The number of carbonyl (C=O) groups is 3. The molecule has 2 saturated heterocycles. The fourth-order valence-corrected chi connectivity index (χ4v) is 8.33. The Kier molecular flexibility index (Phi) is 17.1. The van der Waals surface area contributed by atoms with Crippen LogP contribution in [0.5, 0.6) is 0 Å². The molecule has 0 bridgehead atoms. The van der Waals surface area contributed by atoms with E-state index in [2.05, 4.69) is 30.4 Å². The zero-order valence-electron chi connectivity index (χ0n) is 38.8. The van der Waals surface area contributed by atoms with Gasteiger partial charge in [-0.25, -0.2) is 34.3 Å². The maximum absolute atomic E-state index is 13.1. The third kappa shape index (κ3) is 12.5. The molecule has 1 aromatic carbocycles. The molecule has 0 radical (unpaired) electrons. The summed E-state index contributed by atoms with van der Waals surface area (Å²) in [7, 11) is 0. The summed E-state index contributed by atoms with van der Waals surface area (Å²) in [6.45, 7) is 28.3. The number of halogens is 1. The number of nitrogens with one attached hydrogen (secondary N) is 2. The minimum atomic E-state index is -0.700. The summed E-state index contributed by atoms with van der Waals surface area (Å²) in [4.78, 5) is 64.7. The predicted octanol–water partition coefficient (Wildman–Crippen LogP) is 8.42. The van der Waals surface area contributed by atoms with Crippen molar-refractivity contribution in [2.24, 2.45) is 0 Å². The average Bonchev–Trinajstić information content (AvgIpc) is 3.20. The first-order valence-corrected chi connectivity index (χ1v) is 22.3. The number of benzene rings is 1. The van der Waals surface area contributed by atoms with Crippen molar-refractivity contribution in [2.75, 3.05) is 87.4 Å². The first-order chi connectivity index (χ1) is 29.6. The number of rotatable bonds is 5. The Balaban J connectivity index is 0.000000292. The van der Waals surface area contributed by atoms with Gasteiger partial charge in [0.05, 0.1) is 48.9 Å². The van der Waals surface area contributed by atoms with E-state index in [9.17, 15) is 14.4 Å². The second-order valence-electron chi connectivity index (χ2n) is 19.0. The van der Waals surface area contributed by atoms with E-state index in [1.165, 1.54) is 0 Å². The van der Waals surface area contributed by atoms with E-state index in [4.69, 9.17) is 40.5 Å². The van der Waals surface area contributed by atoms with Crippen molar-refractivity contribution in [2.45, 2.75) is 126 Å². The molecule has 3 aromatic rings. The van der Waals surface area contributed by atoms with E-state index >= 15 is 0 Å². The highest BCUT2D eigenvalue weighted by molar-refractivity contribution is 6.28. The molecular weight excluding hydrogens is 852 g/mol. The van der Waals surface area contributed by atoms with Crippen LogP contribution < -0.4 is 20.4 Å². The number of morpholine rings is 2. The minimum absolute atomic E-state index is 0. The monoisotopic (exact) mass is 925 g/mol. The van der Waals surface area contributed by atoms with Gasteiger partial charge in [-0.1, -0.05) is 14.9 Å². The van der Waals surface area contributed by atoms with Crippen LogP contribution in [0.3, 0.4) is 0 Å². The number of fused-ring (bicyclic) bond motifs is 2. The lowest BCUT2D eigenvalue weighted by molar-refractivity contribution is -0.00245. The lowest BCUT2D eigenvalue weighted by Crippen LogP contribution is -2.52. The van der Waals surface area contributed by atoms with E-state index in [1.807, 2.05) is 100 Å². The van der Waals surface area contributed by atoms with Crippen LogP contribution in [0.4, 0.5) is 31.7 Å². The number of ether oxygens (including phenoxy) is 4. The summed E-state index contributed by atoms with van der Waals surface area (Å²) >= 11 is 6.25. The number of amides is 4. The van der Waals surface area contributed by atoms with E-state index in [0.29, 0.717) is 70.4 Å². The Morgan fingerprint density at radius 2 is 1.11 bits per heavy atom. The molecule has 2 N–H and O–H groups in total. The van der Waals surface area contributed by atoms with Crippen molar-refractivity contribution in [3.63, 3.8) is 0 Å². The van der Waals surface area contributed by atoms with Gasteiger partial charge in [0, 0.05) is 68.2 Å². The Bertz CT molecular complexity index is 2130. The highest BCUT2D eigenvalue weighted by atomic mass is 35.5. The zero-order chi connectivity index (χ0) is 45.9. The maximum atomic E-state index is 13.1. The first kappa shape index (κ1) is 52.6. The molecule has 0 spiro atoms. The molecule has 2 fully saturated rings. The third-order valence-corrected chi connectivity index (χ3v) is 11.4. The van der Waals surface area contributed by atoms with Crippen LogP contribution in [-0.2, 0) is 42.9 Å². The Labute approximate surface area is 391 Å².